The molecule has 0 saturated carbocycles. The Hall–Kier alpha value is -2.40. The Morgan fingerprint density at radius 2 is 2.12 bits per heavy atom. The van der Waals surface area contributed by atoms with Crippen molar-refractivity contribution >= 4 is 11.7 Å². The first-order valence-electron chi connectivity index (χ1n) is 8.37. The van der Waals surface area contributed by atoms with Gasteiger partial charge in [-0.1, -0.05) is 12.1 Å². The second-order valence-electron chi connectivity index (χ2n) is 6.58. The molecule has 0 atom stereocenters. The van der Waals surface area contributed by atoms with Crippen LogP contribution < -0.4 is 10.2 Å². The van der Waals surface area contributed by atoms with Crippen molar-refractivity contribution in [2.45, 2.75) is 25.0 Å². The quantitative estimate of drug-likeness (QED) is 0.880. The number of carbonyl (C=O) groups is 1. The third kappa shape index (κ3) is 2.55. The van der Waals surface area contributed by atoms with Crippen molar-refractivity contribution in [3.05, 3.63) is 59.4 Å². The van der Waals surface area contributed by atoms with Gasteiger partial charge in [-0.3, -0.25) is 4.98 Å². The minimum absolute atomic E-state index is 0.191. The van der Waals surface area contributed by atoms with Crippen LogP contribution in [0.15, 0.2) is 42.7 Å². The highest BCUT2D eigenvalue weighted by Gasteiger charge is 2.46. The third-order valence-electron chi connectivity index (χ3n) is 5.00. The van der Waals surface area contributed by atoms with Crippen LogP contribution in [0.4, 0.5) is 5.69 Å². The molecule has 1 saturated heterocycles. The predicted octanol–water partition coefficient (Wildman–Crippen LogP) is 2.47. The van der Waals surface area contributed by atoms with Gasteiger partial charge in [0.2, 0.25) is 0 Å². The number of pyridine rings is 1. The lowest BCUT2D eigenvalue weighted by Gasteiger charge is -2.33. The average Bonchev–Trinajstić information content (AvgIpc) is 2.88. The Kier molecular flexibility index (Phi) is 3.73. The van der Waals surface area contributed by atoms with Gasteiger partial charge in [-0.25, -0.2) is 4.79 Å². The summed E-state index contributed by atoms with van der Waals surface area (Å²) >= 11 is 0. The molecule has 1 N–H and O–H groups in total. The highest BCUT2D eigenvalue weighted by atomic mass is 16.6. The topological polar surface area (TPSA) is 54.5 Å². The fraction of sp³-hybridized carbons (Fsp3) is 0.368. The zero-order chi connectivity index (χ0) is 16.6. The summed E-state index contributed by atoms with van der Waals surface area (Å²) in [5, 5.41) is 3.33. The van der Waals surface area contributed by atoms with E-state index in [1.807, 2.05) is 25.4 Å². The Morgan fingerprint density at radius 3 is 2.88 bits per heavy atom. The molecule has 1 spiro atoms. The molecule has 2 aromatic rings. The van der Waals surface area contributed by atoms with Crippen LogP contribution in [0.3, 0.4) is 0 Å². The number of rotatable bonds is 3. The Bertz CT molecular complexity index is 754. The van der Waals surface area contributed by atoms with Gasteiger partial charge in [0.05, 0.1) is 5.56 Å². The normalized spacial score (nSPS) is 18.3. The van der Waals surface area contributed by atoms with Gasteiger partial charge in [0.25, 0.3) is 0 Å². The minimum Gasteiger partial charge on any atom is -0.450 e. The van der Waals surface area contributed by atoms with Crippen LogP contribution in [0.25, 0.3) is 0 Å². The van der Waals surface area contributed by atoms with Gasteiger partial charge in [0.1, 0.15) is 5.60 Å². The van der Waals surface area contributed by atoms with E-state index in [0.717, 1.165) is 49.3 Å². The highest BCUT2D eigenvalue weighted by Crippen LogP contribution is 2.43. The maximum Gasteiger partial charge on any atom is 0.339 e. The van der Waals surface area contributed by atoms with Gasteiger partial charge < -0.3 is 15.0 Å². The molecule has 0 aliphatic carbocycles. The monoisotopic (exact) mass is 323 g/mol. The summed E-state index contributed by atoms with van der Waals surface area (Å²) in [6.45, 7) is 2.52. The van der Waals surface area contributed by atoms with Crippen LogP contribution in [-0.2, 0) is 16.9 Å². The number of ether oxygens (including phenoxy) is 1. The van der Waals surface area contributed by atoms with Gasteiger partial charge >= 0.3 is 5.97 Å². The van der Waals surface area contributed by atoms with Crippen molar-refractivity contribution in [1.82, 2.24) is 10.3 Å². The van der Waals surface area contributed by atoms with Crippen LogP contribution in [0.5, 0.6) is 0 Å². The van der Waals surface area contributed by atoms with Crippen LogP contribution in [-0.4, -0.2) is 31.1 Å². The van der Waals surface area contributed by atoms with Crippen LogP contribution in [0.2, 0.25) is 0 Å². The summed E-state index contributed by atoms with van der Waals surface area (Å²) in [6, 6.07) is 10.1. The molecule has 1 aromatic heterocycles. The average molecular weight is 323 g/mol. The van der Waals surface area contributed by atoms with Crippen LogP contribution in [0.1, 0.15) is 34.3 Å². The third-order valence-corrected chi connectivity index (χ3v) is 5.00. The van der Waals surface area contributed by atoms with Gasteiger partial charge in [0.15, 0.2) is 0 Å². The standard InChI is InChI=1S/C19H21N3O2/c1-22(13-14-3-2-8-21-12-14)15-4-5-17-16(11-15)18(23)24-19(17)6-9-20-10-7-19/h2-5,8,11-12,20H,6-7,9-10,13H2,1H3. The van der Waals surface area contributed by atoms with Gasteiger partial charge in [-0.2, -0.15) is 0 Å². The van der Waals surface area contributed by atoms with E-state index < -0.39 is 5.60 Å². The molecular weight excluding hydrogens is 302 g/mol. The lowest BCUT2D eigenvalue weighted by atomic mass is 9.84. The number of esters is 1. The molecule has 24 heavy (non-hydrogen) atoms. The van der Waals surface area contributed by atoms with E-state index in [9.17, 15) is 4.79 Å². The van der Waals surface area contributed by atoms with Crippen LogP contribution in [0, 0.1) is 0 Å². The first-order chi connectivity index (χ1) is 11.7. The second kappa shape index (κ2) is 5.91. The van der Waals surface area contributed by atoms with Crippen LogP contribution >= 0.6 is 0 Å². The number of anilines is 1. The van der Waals surface area contributed by atoms with E-state index >= 15 is 0 Å². The predicted molar refractivity (Wildman–Crippen MR) is 92.0 cm³/mol. The molecule has 124 valence electrons. The summed E-state index contributed by atoms with van der Waals surface area (Å²) < 4.78 is 5.81. The number of fused-ring (bicyclic) bond motifs is 2. The van der Waals surface area contributed by atoms with Crippen molar-refractivity contribution in [3.63, 3.8) is 0 Å². The molecule has 5 heteroatoms. The Labute approximate surface area is 141 Å². The largest absolute Gasteiger partial charge is 0.450 e. The number of nitrogens with zero attached hydrogens (tertiary/aromatic N) is 2. The summed E-state index contributed by atoms with van der Waals surface area (Å²) in [5.41, 5.74) is 3.50. The van der Waals surface area contributed by atoms with E-state index in [4.69, 9.17) is 4.74 Å². The smallest absolute Gasteiger partial charge is 0.339 e. The van der Waals surface area contributed by atoms with Gasteiger partial charge in [-0.05, 0) is 36.9 Å². The lowest BCUT2D eigenvalue weighted by Crippen LogP contribution is -2.39. The number of carbonyl (C=O) groups excluding carboxylic acids is 1. The molecular formula is C19H21N3O2. The molecule has 5 nitrogen and oxygen atoms in total. The number of piperidine rings is 1. The van der Waals surface area contributed by atoms with E-state index in [1.54, 1.807) is 6.20 Å². The highest BCUT2D eigenvalue weighted by molar-refractivity contribution is 5.96. The second-order valence-corrected chi connectivity index (χ2v) is 6.58. The van der Waals surface area contributed by atoms with E-state index in [0.29, 0.717) is 5.56 Å². The lowest BCUT2D eigenvalue weighted by molar-refractivity contribution is -0.0241. The maximum atomic E-state index is 12.4. The summed E-state index contributed by atoms with van der Waals surface area (Å²) in [6.07, 6.45) is 5.32. The van der Waals surface area contributed by atoms with E-state index in [1.165, 1.54) is 0 Å². The molecule has 2 aliphatic rings. The molecule has 0 bridgehead atoms. The Morgan fingerprint density at radius 1 is 1.29 bits per heavy atom. The molecule has 4 rings (SSSR count). The molecule has 1 aromatic carbocycles. The number of benzene rings is 1. The zero-order valence-electron chi connectivity index (χ0n) is 13.8. The minimum atomic E-state index is -0.419. The van der Waals surface area contributed by atoms with E-state index in [-0.39, 0.29) is 5.97 Å². The van der Waals surface area contributed by atoms with Crippen molar-refractivity contribution in [1.29, 1.82) is 0 Å². The Balaban J connectivity index is 1.61. The first kappa shape index (κ1) is 15.1. The van der Waals surface area contributed by atoms with Gasteiger partial charge in [-0.15, -0.1) is 0 Å². The zero-order valence-corrected chi connectivity index (χ0v) is 13.8. The summed E-state index contributed by atoms with van der Waals surface area (Å²) in [5.74, 6) is -0.191. The molecule has 0 amide bonds. The van der Waals surface area contributed by atoms with Gasteiger partial charge in [0, 0.05) is 50.1 Å². The first-order valence-corrected chi connectivity index (χ1v) is 8.37. The maximum absolute atomic E-state index is 12.4. The molecule has 0 unspecified atom stereocenters. The number of nitrogens with one attached hydrogen (secondary N) is 1. The number of aromatic nitrogens is 1. The van der Waals surface area contributed by atoms with Crippen molar-refractivity contribution in [2.75, 3.05) is 25.0 Å². The van der Waals surface area contributed by atoms with Crippen molar-refractivity contribution in [2.24, 2.45) is 0 Å². The van der Waals surface area contributed by atoms with Crippen molar-refractivity contribution < 1.29 is 9.53 Å². The number of hydrogen-bond donors (Lipinski definition) is 1. The fourth-order valence-corrected chi connectivity index (χ4v) is 3.68. The van der Waals surface area contributed by atoms with Crippen molar-refractivity contribution in [3.8, 4) is 0 Å². The molecule has 0 radical (unpaired) electrons. The number of hydrogen-bond acceptors (Lipinski definition) is 5. The molecule has 3 heterocycles. The fourth-order valence-electron chi connectivity index (χ4n) is 3.68. The molecule has 1 fully saturated rings. The van der Waals surface area contributed by atoms with E-state index in [2.05, 4.69) is 33.4 Å². The summed E-state index contributed by atoms with van der Waals surface area (Å²) in [4.78, 5) is 18.7. The SMILES string of the molecule is CN(Cc1cccnc1)c1ccc2c(c1)C(=O)OC21CCNCC1. The summed E-state index contributed by atoms with van der Waals surface area (Å²) in [7, 11) is 2.02. The molecule has 2 aliphatic heterocycles.